The molecule has 0 radical (unpaired) electrons. The molecule has 0 spiro atoms. The molecule has 104 valence electrons. The predicted molar refractivity (Wildman–Crippen MR) is 75.1 cm³/mol. The zero-order valence-electron chi connectivity index (χ0n) is 12.3. The highest BCUT2D eigenvalue weighted by molar-refractivity contribution is 5.43. The Morgan fingerprint density at radius 3 is 2.32 bits per heavy atom. The maximum Gasteiger partial charge on any atom is 0.259 e. The number of H-pyrrole nitrogens is 1. The molecule has 1 heterocycles. The van der Waals surface area contributed by atoms with Crippen molar-refractivity contribution in [3.05, 3.63) is 47.0 Å². The van der Waals surface area contributed by atoms with Gasteiger partial charge in [0, 0.05) is 6.42 Å². The van der Waals surface area contributed by atoms with Gasteiger partial charge >= 0.3 is 0 Å². The molecule has 0 saturated heterocycles. The molecule has 0 bridgehead atoms. The Hall–Kier alpha value is -1.09. The Balaban J connectivity index is 0.00000180. The van der Waals surface area contributed by atoms with Crippen molar-refractivity contribution in [1.29, 1.82) is 0 Å². The summed E-state index contributed by atoms with van der Waals surface area (Å²) in [5.74, 6) is 1.30. The molecule has 0 atom stereocenters. The normalized spacial score (nSPS) is 10.3. The average molecular weight is 323 g/mol. The first kappa shape index (κ1) is 16.0. The molecule has 0 aliphatic carbocycles. The molecule has 1 aromatic heterocycles. The van der Waals surface area contributed by atoms with Crippen molar-refractivity contribution in [1.82, 2.24) is 4.98 Å². The average Bonchev–Trinajstić information content (AvgIpc) is 2.73. The molecular weight excluding hydrogens is 300 g/mol. The monoisotopic (exact) mass is 322 g/mol. The van der Waals surface area contributed by atoms with E-state index < -0.39 is 0 Å². The van der Waals surface area contributed by atoms with Gasteiger partial charge in [-0.2, -0.15) is 4.57 Å². The van der Waals surface area contributed by atoms with Crippen LogP contribution in [0.3, 0.4) is 0 Å². The Morgan fingerprint density at radius 1 is 1.11 bits per heavy atom. The fourth-order valence-electron chi connectivity index (χ4n) is 2.67. The molecule has 0 fully saturated rings. The summed E-state index contributed by atoms with van der Waals surface area (Å²) in [6.07, 6.45) is 7.73. The van der Waals surface area contributed by atoms with E-state index in [0.29, 0.717) is 0 Å². The van der Waals surface area contributed by atoms with Crippen molar-refractivity contribution < 1.29 is 21.5 Å². The van der Waals surface area contributed by atoms with Gasteiger partial charge in [0.1, 0.15) is 18.1 Å². The third-order valence-electron chi connectivity index (χ3n) is 3.41. The fraction of sp³-hybridized carbons (Fsp3) is 0.438. The van der Waals surface area contributed by atoms with Crippen LogP contribution in [0, 0.1) is 20.8 Å². The molecule has 1 aromatic carbocycles. The summed E-state index contributed by atoms with van der Waals surface area (Å²) in [6, 6.07) is 4.51. The summed E-state index contributed by atoms with van der Waals surface area (Å²) in [6.45, 7) is 8.77. The van der Waals surface area contributed by atoms with Gasteiger partial charge < -0.3 is 17.0 Å². The van der Waals surface area contributed by atoms with Crippen molar-refractivity contribution >= 4 is 0 Å². The topological polar surface area (TPSA) is 19.7 Å². The first-order valence-corrected chi connectivity index (χ1v) is 6.79. The summed E-state index contributed by atoms with van der Waals surface area (Å²) in [4.78, 5) is 3.37. The second-order valence-corrected chi connectivity index (χ2v) is 5.13. The first-order valence-electron chi connectivity index (χ1n) is 6.79. The van der Waals surface area contributed by atoms with E-state index >= 15 is 0 Å². The quantitative estimate of drug-likeness (QED) is 0.794. The van der Waals surface area contributed by atoms with Crippen LogP contribution < -0.4 is 21.5 Å². The second-order valence-electron chi connectivity index (χ2n) is 5.13. The van der Waals surface area contributed by atoms with Crippen LogP contribution in [0.25, 0.3) is 5.69 Å². The number of hydrogen-bond acceptors (Lipinski definition) is 0. The highest BCUT2D eigenvalue weighted by atomic mass is 79.9. The van der Waals surface area contributed by atoms with E-state index in [2.05, 4.69) is 55.6 Å². The van der Waals surface area contributed by atoms with Gasteiger partial charge in [0.2, 0.25) is 0 Å². The van der Waals surface area contributed by atoms with Gasteiger partial charge in [-0.1, -0.05) is 31.0 Å². The van der Waals surface area contributed by atoms with Crippen molar-refractivity contribution in [3.8, 4) is 5.69 Å². The molecule has 2 aromatic rings. The molecule has 0 amide bonds. The number of nitrogens with zero attached hydrogens (tertiary/aromatic N) is 1. The number of unbranched alkanes of at least 4 members (excludes halogenated alkanes) is 1. The molecule has 0 aliphatic heterocycles. The third-order valence-corrected chi connectivity index (χ3v) is 3.41. The summed E-state index contributed by atoms with van der Waals surface area (Å²) in [5.41, 5.74) is 5.35. The van der Waals surface area contributed by atoms with Crippen LogP contribution in [0.5, 0.6) is 0 Å². The zero-order valence-corrected chi connectivity index (χ0v) is 13.8. The van der Waals surface area contributed by atoms with Crippen molar-refractivity contribution in [3.63, 3.8) is 0 Å². The minimum atomic E-state index is 0. The van der Waals surface area contributed by atoms with Crippen LogP contribution in [0.1, 0.15) is 42.3 Å². The summed E-state index contributed by atoms with van der Waals surface area (Å²) in [5, 5.41) is 0. The number of nitrogens with one attached hydrogen (secondary N) is 1. The lowest BCUT2D eigenvalue weighted by Gasteiger charge is -2.09. The largest absolute Gasteiger partial charge is 1.00 e. The van der Waals surface area contributed by atoms with Gasteiger partial charge in [-0.25, -0.2) is 4.98 Å². The number of aromatic nitrogens is 2. The highest BCUT2D eigenvalue weighted by Crippen LogP contribution is 2.17. The van der Waals surface area contributed by atoms with Crippen LogP contribution in [0.4, 0.5) is 0 Å². The molecule has 0 aliphatic rings. The van der Waals surface area contributed by atoms with Gasteiger partial charge in [0.25, 0.3) is 5.82 Å². The Labute approximate surface area is 126 Å². The Bertz CT molecular complexity index is 520. The Kier molecular flexibility index (Phi) is 5.80. The van der Waals surface area contributed by atoms with E-state index in [0.717, 1.165) is 6.42 Å². The lowest BCUT2D eigenvalue weighted by Crippen LogP contribution is -3.00. The number of hydrogen-bond donors (Lipinski definition) is 1. The van der Waals surface area contributed by atoms with E-state index in [9.17, 15) is 0 Å². The van der Waals surface area contributed by atoms with Crippen molar-refractivity contribution in [2.75, 3.05) is 0 Å². The highest BCUT2D eigenvalue weighted by Gasteiger charge is 2.16. The van der Waals surface area contributed by atoms with Gasteiger partial charge in [-0.15, -0.1) is 0 Å². The molecule has 2 rings (SSSR count). The Morgan fingerprint density at radius 2 is 1.74 bits per heavy atom. The zero-order chi connectivity index (χ0) is 13.1. The van der Waals surface area contributed by atoms with Crippen molar-refractivity contribution in [2.24, 2.45) is 0 Å². The molecule has 0 saturated carbocycles. The van der Waals surface area contributed by atoms with Gasteiger partial charge in [-0.05, 0) is 38.3 Å². The number of aryl methyl sites for hydroxylation is 4. The molecule has 1 N–H and O–H groups in total. The lowest BCUT2D eigenvalue weighted by molar-refractivity contribution is -0.603. The van der Waals surface area contributed by atoms with Crippen molar-refractivity contribution in [2.45, 2.75) is 47.0 Å². The van der Waals surface area contributed by atoms with E-state index in [1.807, 2.05) is 6.20 Å². The number of halogens is 1. The minimum Gasteiger partial charge on any atom is -1.00 e. The van der Waals surface area contributed by atoms with Crippen LogP contribution in [-0.2, 0) is 6.42 Å². The van der Waals surface area contributed by atoms with Gasteiger partial charge in [0.15, 0.2) is 0 Å². The lowest BCUT2D eigenvalue weighted by atomic mass is 10.0. The molecule has 2 nitrogen and oxygen atoms in total. The minimum absolute atomic E-state index is 0. The number of aromatic amines is 1. The van der Waals surface area contributed by atoms with E-state index in [1.165, 1.54) is 41.0 Å². The van der Waals surface area contributed by atoms with Crippen LogP contribution in [0.2, 0.25) is 0 Å². The van der Waals surface area contributed by atoms with E-state index in [1.54, 1.807) is 0 Å². The number of rotatable bonds is 4. The number of benzene rings is 1. The van der Waals surface area contributed by atoms with E-state index in [-0.39, 0.29) is 17.0 Å². The van der Waals surface area contributed by atoms with Crippen LogP contribution in [-0.4, -0.2) is 4.98 Å². The molecule has 19 heavy (non-hydrogen) atoms. The second kappa shape index (κ2) is 6.90. The maximum absolute atomic E-state index is 3.37. The van der Waals surface area contributed by atoms with E-state index in [4.69, 9.17) is 0 Å². The smallest absolute Gasteiger partial charge is 0.259 e. The van der Waals surface area contributed by atoms with Crippen LogP contribution in [0.15, 0.2) is 24.5 Å². The number of imidazole rings is 1. The standard InChI is InChI=1S/C16H22N2.BrH/c1-5-6-7-15-17-8-9-18(15)16-13(3)10-12(2)11-14(16)4;/h8-11H,5-7H2,1-4H3;1H. The molecule has 3 heteroatoms. The predicted octanol–water partition coefficient (Wildman–Crippen LogP) is 0.563. The fourth-order valence-corrected chi connectivity index (χ4v) is 2.67. The first-order chi connectivity index (χ1) is 8.63. The SMILES string of the molecule is CCCCc1[nH]cc[n+]1-c1c(C)cc(C)cc1C.[Br-]. The molecular formula is C16H23BrN2. The summed E-state index contributed by atoms with van der Waals surface area (Å²) < 4.78 is 2.31. The third kappa shape index (κ3) is 3.47. The van der Waals surface area contributed by atoms with Gasteiger partial charge in [-0.3, -0.25) is 0 Å². The summed E-state index contributed by atoms with van der Waals surface area (Å²) >= 11 is 0. The maximum atomic E-state index is 3.37. The molecule has 0 unspecified atom stereocenters. The van der Waals surface area contributed by atoms with Gasteiger partial charge in [0.05, 0.1) is 0 Å². The summed E-state index contributed by atoms with van der Waals surface area (Å²) in [7, 11) is 0. The van der Waals surface area contributed by atoms with Crippen LogP contribution >= 0.6 is 0 Å².